The van der Waals surface area contributed by atoms with Crippen LogP contribution in [-0.4, -0.2) is 35.5 Å². The highest BCUT2D eigenvalue weighted by Gasteiger charge is 2.35. The van der Waals surface area contributed by atoms with Crippen LogP contribution in [0.4, 0.5) is 0 Å². The molecule has 1 aliphatic rings. The normalized spacial score (nSPS) is 12.8. The number of benzene rings is 1. The number of amides is 2. The summed E-state index contributed by atoms with van der Waals surface area (Å²) in [5, 5.41) is 0. The van der Waals surface area contributed by atoms with Gasteiger partial charge in [0.05, 0.1) is 34.9 Å². The Bertz CT molecular complexity index is 1350. The highest BCUT2D eigenvalue weighted by atomic mass is 35.5. The van der Waals surface area contributed by atoms with Gasteiger partial charge in [-0.15, -0.1) is 11.6 Å². The molecule has 1 aliphatic heterocycles. The lowest BCUT2D eigenvalue weighted by Crippen LogP contribution is -2.29. The predicted molar refractivity (Wildman–Crippen MR) is 121 cm³/mol. The number of carbonyl (C=O) groups is 2. The smallest absolute Gasteiger partial charge is 0.261 e. The molecule has 0 saturated carbocycles. The van der Waals surface area contributed by atoms with Crippen molar-refractivity contribution in [3.05, 3.63) is 108 Å². The summed E-state index contributed by atoms with van der Waals surface area (Å²) in [6.45, 7) is 0.189. The van der Waals surface area contributed by atoms with Crippen molar-refractivity contribution < 1.29 is 9.59 Å². The summed E-state index contributed by atoms with van der Waals surface area (Å²) >= 11 is 5.62. The van der Waals surface area contributed by atoms with Crippen molar-refractivity contribution in [2.45, 2.75) is 12.4 Å². The van der Waals surface area contributed by atoms with Gasteiger partial charge < -0.3 is 8.80 Å². The Balaban J connectivity index is 0.000000165. The first-order chi connectivity index (χ1) is 15.6. The van der Waals surface area contributed by atoms with Gasteiger partial charge >= 0.3 is 0 Å². The number of hydrogen-bond donors (Lipinski definition) is 0. The van der Waals surface area contributed by atoms with Crippen LogP contribution in [0.2, 0.25) is 0 Å². The van der Waals surface area contributed by atoms with Crippen LogP contribution in [0.25, 0.3) is 11.3 Å². The molecule has 5 aromatic rings. The number of pyridine rings is 2. The zero-order chi connectivity index (χ0) is 22.1. The van der Waals surface area contributed by atoms with Gasteiger partial charge in [-0.25, -0.2) is 9.97 Å². The number of hydrogen-bond acceptors (Lipinski definition) is 4. The average molecular weight is 444 g/mol. The van der Waals surface area contributed by atoms with Gasteiger partial charge in [0.2, 0.25) is 0 Å². The van der Waals surface area contributed by atoms with Gasteiger partial charge in [0, 0.05) is 24.8 Å². The van der Waals surface area contributed by atoms with Crippen LogP contribution in [0.1, 0.15) is 32.1 Å². The molecule has 1 aromatic carbocycles. The van der Waals surface area contributed by atoms with Crippen molar-refractivity contribution in [1.29, 1.82) is 0 Å². The Morgan fingerprint density at radius 3 is 1.72 bits per heavy atom. The highest BCUT2D eigenvalue weighted by Crippen LogP contribution is 2.24. The van der Waals surface area contributed by atoms with E-state index in [1.165, 1.54) is 4.90 Å². The molecule has 8 heteroatoms. The molecule has 0 unspecified atom stereocenters. The fourth-order valence-corrected chi connectivity index (χ4v) is 3.79. The maximum Gasteiger partial charge on any atom is 0.261 e. The molecule has 0 radical (unpaired) electrons. The third kappa shape index (κ3) is 3.63. The predicted octanol–water partition coefficient (Wildman–Crippen LogP) is 4.20. The first kappa shape index (κ1) is 20.0. The van der Waals surface area contributed by atoms with E-state index < -0.39 is 0 Å². The summed E-state index contributed by atoms with van der Waals surface area (Å²) in [6.07, 6.45) is 7.60. The molecule has 0 fully saturated rings. The third-order valence-corrected chi connectivity index (χ3v) is 5.44. The first-order valence-electron chi connectivity index (χ1n) is 10.0. The van der Waals surface area contributed by atoms with E-state index in [1.54, 1.807) is 24.3 Å². The van der Waals surface area contributed by atoms with Gasteiger partial charge in [0.1, 0.15) is 11.3 Å². The van der Waals surface area contributed by atoms with E-state index in [0.29, 0.717) is 22.7 Å². The topological polar surface area (TPSA) is 72.0 Å². The van der Waals surface area contributed by atoms with Crippen molar-refractivity contribution >= 4 is 34.7 Å². The van der Waals surface area contributed by atoms with Crippen LogP contribution in [0.5, 0.6) is 0 Å². The molecule has 0 spiro atoms. The van der Waals surface area contributed by atoms with Gasteiger partial charge in [-0.2, -0.15) is 0 Å². The number of halogens is 1. The number of fused-ring (bicyclic) bond motifs is 3. The van der Waals surface area contributed by atoms with Gasteiger partial charge in [-0.1, -0.05) is 24.3 Å². The van der Waals surface area contributed by atoms with Crippen LogP contribution < -0.4 is 0 Å². The Labute approximate surface area is 188 Å². The first-order valence-corrected chi connectivity index (χ1v) is 10.5. The molecule has 6 rings (SSSR count). The maximum atomic E-state index is 12.3. The van der Waals surface area contributed by atoms with Gasteiger partial charge in [0.25, 0.3) is 11.8 Å². The molecule has 0 bridgehead atoms. The van der Waals surface area contributed by atoms with Crippen molar-refractivity contribution in [2.24, 2.45) is 0 Å². The van der Waals surface area contributed by atoms with E-state index in [4.69, 9.17) is 11.6 Å². The lowest BCUT2D eigenvalue weighted by Gasteiger charge is -2.11. The van der Waals surface area contributed by atoms with E-state index in [-0.39, 0.29) is 18.4 Å². The molecule has 0 aliphatic carbocycles. The molecular formula is C24H18ClN5O2. The second kappa shape index (κ2) is 8.28. The molecule has 158 valence electrons. The Hall–Kier alpha value is -3.97. The second-order valence-corrected chi connectivity index (χ2v) is 7.54. The Morgan fingerprint density at radius 2 is 1.19 bits per heavy atom. The standard InChI is InChI=1S/C16H11N3O2.C8H7ClN2/c20-15-12-5-1-2-6-13(12)16(21)19(15)10-11-9-18-8-4-3-7-14(18)17-11;9-5-7-6-11-4-2-1-3-8(11)10-7/h1-9H,10H2;1-4,6H,5H2. The Kier molecular flexibility index (Phi) is 5.17. The minimum atomic E-state index is -0.257. The average Bonchev–Trinajstić information content (AvgIpc) is 3.50. The van der Waals surface area contributed by atoms with Crippen LogP contribution in [-0.2, 0) is 12.4 Å². The lowest BCUT2D eigenvalue weighted by atomic mass is 10.1. The number of imidazole rings is 2. The van der Waals surface area contributed by atoms with Crippen molar-refractivity contribution in [3.8, 4) is 0 Å². The summed E-state index contributed by atoms with van der Waals surface area (Å²) in [5.41, 5.74) is 4.28. The van der Waals surface area contributed by atoms with Gasteiger partial charge in [-0.3, -0.25) is 14.5 Å². The SMILES string of the molecule is ClCc1cn2ccccc2n1.O=C1c2ccccc2C(=O)N1Cc1cn2ccccc2n1. The van der Waals surface area contributed by atoms with E-state index in [0.717, 1.165) is 17.0 Å². The number of aromatic nitrogens is 4. The Morgan fingerprint density at radius 1 is 0.688 bits per heavy atom. The summed E-state index contributed by atoms with van der Waals surface area (Å²) in [6, 6.07) is 18.4. The number of nitrogens with zero attached hydrogens (tertiary/aromatic N) is 5. The number of carbonyl (C=O) groups excluding carboxylic acids is 2. The lowest BCUT2D eigenvalue weighted by molar-refractivity contribution is 0.0640. The molecule has 32 heavy (non-hydrogen) atoms. The van der Waals surface area contributed by atoms with Crippen LogP contribution in [0.15, 0.2) is 85.5 Å². The third-order valence-electron chi connectivity index (χ3n) is 5.16. The van der Waals surface area contributed by atoms with Crippen LogP contribution in [0.3, 0.4) is 0 Å². The molecule has 2 amide bonds. The fraction of sp³-hybridized carbons (Fsp3) is 0.0833. The maximum absolute atomic E-state index is 12.3. The largest absolute Gasteiger partial charge is 0.307 e. The fourth-order valence-electron chi connectivity index (χ4n) is 3.66. The number of alkyl halides is 1. The molecule has 0 atom stereocenters. The molecule has 7 nitrogen and oxygen atoms in total. The number of rotatable bonds is 3. The summed E-state index contributed by atoms with van der Waals surface area (Å²) in [5.74, 6) is -0.0397. The van der Waals surface area contributed by atoms with Gasteiger partial charge in [0.15, 0.2) is 0 Å². The summed E-state index contributed by atoms with van der Waals surface area (Å²) in [4.78, 5) is 34.5. The molecule has 0 saturated heterocycles. The van der Waals surface area contributed by atoms with E-state index >= 15 is 0 Å². The minimum Gasteiger partial charge on any atom is -0.307 e. The van der Waals surface area contributed by atoms with E-state index in [2.05, 4.69) is 9.97 Å². The van der Waals surface area contributed by atoms with Crippen molar-refractivity contribution in [1.82, 2.24) is 23.7 Å². The molecule has 5 heterocycles. The quantitative estimate of drug-likeness (QED) is 0.309. The van der Waals surface area contributed by atoms with Crippen LogP contribution in [0, 0.1) is 0 Å². The van der Waals surface area contributed by atoms with E-state index in [9.17, 15) is 9.59 Å². The highest BCUT2D eigenvalue weighted by molar-refractivity contribution is 6.21. The zero-order valence-corrected chi connectivity index (χ0v) is 17.7. The van der Waals surface area contributed by atoms with Crippen LogP contribution >= 0.6 is 11.6 Å². The minimum absolute atomic E-state index is 0.189. The monoisotopic (exact) mass is 443 g/mol. The molecular weight excluding hydrogens is 426 g/mol. The van der Waals surface area contributed by atoms with E-state index in [1.807, 2.05) is 70.0 Å². The van der Waals surface area contributed by atoms with Gasteiger partial charge in [-0.05, 0) is 36.4 Å². The second-order valence-electron chi connectivity index (χ2n) is 7.27. The van der Waals surface area contributed by atoms with Crippen molar-refractivity contribution in [2.75, 3.05) is 0 Å². The molecule has 4 aromatic heterocycles. The zero-order valence-electron chi connectivity index (χ0n) is 16.9. The number of imide groups is 1. The summed E-state index contributed by atoms with van der Waals surface area (Å²) in [7, 11) is 0. The molecule has 0 N–H and O–H groups in total. The summed E-state index contributed by atoms with van der Waals surface area (Å²) < 4.78 is 3.82. The van der Waals surface area contributed by atoms with Crippen molar-refractivity contribution in [3.63, 3.8) is 0 Å².